The number of hydrogen-bond donors (Lipinski definition) is 1. The maximum atomic E-state index is 12.7. The van der Waals surface area contributed by atoms with E-state index in [0.29, 0.717) is 16.8 Å². The van der Waals surface area contributed by atoms with Crippen LogP contribution in [0, 0.1) is 28.4 Å². The third kappa shape index (κ3) is 5.00. The Morgan fingerprint density at radius 2 is 1.73 bits per heavy atom. The van der Waals surface area contributed by atoms with Gasteiger partial charge in [0.15, 0.2) is 0 Å². The number of nitrogens with two attached hydrogens (primary N) is 1. The second-order valence-corrected chi connectivity index (χ2v) is 6.62. The number of anilines is 1. The molecule has 2 N–H and O–H groups in total. The number of halogens is 5. The summed E-state index contributed by atoms with van der Waals surface area (Å²) in [6.45, 7) is 2.08. The number of aryl methyl sites for hydroxylation is 1. The topological polar surface area (TPSA) is 111 Å². The normalized spacial score (nSPS) is 10.7. The summed E-state index contributed by atoms with van der Waals surface area (Å²) in [6, 6.07) is 12.9. The molecule has 0 radical (unpaired) electrons. The molecule has 3 aromatic rings. The molecule has 3 rings (SSSR count). The first-order valence-electron chi connectivity index (χ1n) is 7.98. The van der Waals surface area contributed by atoms with Gasteiger partial charge in [-0.1, -0.05) is 59.1 Å². The number of benzene rings is 2. The summed E-state index contributed by atoms with van der Waals surface area (Å²) >= 11 is 11.6. The summed E-state index contributed by atoms with van der Waals surface area (Å²) in [5.74, 6) is -0.588. The Hall–Kier alpha value is -3.29. The van der Waals surface area contributed by atoms with Crippen LogP contribution in [0.15, 0.2) is 42.5 Å². The van der Waals surface area contributed by atoms with Gasteiger partial charge in [-0.3, -0.25) is 10.1 Å². The summed E-state index contributed by atoms with van der Waals surface area (Å²) in [4.78, 5) is 9.97. The number of nitrogen functional groups attached to an aromatic ring is 1. The van der Waals surface area contributed by atoms with Crippen LogP contribution < -0.4 is 5.73 Å². The van der Waals surface area contributed by atoms with Crippen molar-refractivity contribution < 1.29 is 18.1 Å². The number of nitrogens with zero attached hydrogens (tertiary/aromatic N) is 4. The second-order valence-electron chi connectivity index (χ2n) is 5.80. The van der Waals surface area contributed by atoms with E-state index in [4.69, 9.17) is 34.2 Å². The number of aromatic nitrogens is 2. The number of alkyl halides is 3. The van der Waals surface area contributed by atoms with E-state index in [1.54, 1.807) is 0 Å². The Balaban J connectivity index is 0.000000386. The lowest BCUT2D eigenvalue weighted by molar-refractivity contribution is -0.384. The molecule has 0 fully saturated rings. The smallest absolute Gasteiger partial charge is 0.378 e. The van der Waals surface area contributed by atoms with Gasteiger partial charge in [-0.2, -0.15) is 18.4 Å². The van der Waals surface area contributed by atoms with Crippen LogP contribution in [0.4, 0.5) is 24.7 Å². The second kappa shape index (κ2) is 9.02. The molecule has 30 heavy (non-hydrogen) atoms. The van der Waals surface area contributed by atoms with Gasteiger partial charge < -0.3 is 5.73 Å². The first-order valence-corrected chi connectivity index (χ1v) is 8.74. The van der Waals surface area contributed by atoms with Gasteiger partial charge in [-0.15, -0.1) is 5.10 Å². The molecule has 7 nitrogen and oxygen atoms in total. The van der Waals surface area contributed by atoms with Crippen LogP contribution in [-0.4, -0.2) is 14.7 Å². The van der Waals surface area contributed by atoms with Gasteiger partial charge in [0, 0.05) is 0 Å². The molecule has 0 amide bonds. The van der Waals surface area contributed by atoms with Gasteiger partial charge in [0.2, 0.25) is 11.5 Å². The van der Waals surface area contributed by atoms with Crippen molar-refractivity contribution in [2.24, 2.45) is 0 Å². The van der Waals surface area contributed by atoms with Crippen molar-refractivity contribution in [3.05, 3.63) is 79.4 Å². The quantitative estimate of drug-likeness (QED) is 0.400. The summed E-state index contributed by atoms with van der Waals surface area (Å²) in [5, 5.41) is 22.3. The number of nitro groups is 1. The zero-order valence-corrected chi connectivity index (χ0v) is 16.6. The molecule has 0 saturated carbocycles. The third-order valence-electron chi connectivity index (χ3n) is 3.68. The minimum Gasteiger partial charge on any atom is -0.378 e. The number of rotatable bonds is 2. The molecule has 0 atom stereocenters. The fraction of sp³-hybridized carbons (Fsp3) is 0.111. The highest BCUT2D eigenvalue weighted by atomic mass is 35.5. The molecule has 1 heterocycles. The summed E-state index contributed by atoms with van der Waals surface area (Å²) in [6.07, 6.45) is -4.69. The summed E-state index contributed by atoms with van der Waals surface area (Å²) in [5.41, 5.74) is 4.03. The van der Waals surface area contributed by atoms with E-state index in [1.165, 1.54) is 11.6 Å². The molecule has 0 saturated heterocycles. The fourth-order valence-electron chi connectivity index (χ4n) is 2.31. The van der Waals surface area contributed by atoms with E-state index in [0.717, 1.165) is 0 Å². The van der Waals surface area contributed by atoms with Crippen LogP contribution in [0.3, 0.4) is 0 Å². The predicted octanol–water partition coefficient (Wildman–Crippen LogP) is 5.56. The van der Waals surface area contributed by atoms with E-state index >= 15 is 0 Å². The van der Waals surface area contributed by atoms with Crippen molar-refractivity contribution in [3.63, 3.8) is 0 Å². The van der Waals surface area contributed by atoms with Gasteiger partial charge in [-0.25, -0.2) is 4.68 Å². The van der Waals surface area contributed by atoms with Gasteiger partial charge in [0.05, 0.1) is 20.5 Å². The molecule has 0 bridgehead atoms. The molecule has 1 aromatic heterocycles. The first-order chi connectivity index (χ1) is 14.0. The predicted molar refractivity (Wildman–Crippen MR) is 106 cm³/mol. The lowest BCUT2D eigenvalue weighted by Crippen LogP contribution is -2.08. The number of nitriles is 1. The Bertz CT molecular complexity index is 1100. The lowest BCUT2D eigenvalue weighted by atomic mass is 10.2. The molecule has 0 unspecified atom stereocenters. The summed E-state index contributed by atoms with van der Waals surface area (Å²) in [7, 11) is 0. The largest absolute Gasteiger partial charge is 0.416 e. The van der Waals surface area contributed by atoms with Crippen molar-refractivity contribution >= 4 is 34.7 Å². The van der Waals surface area contributed by atoms with E-state index in [2.05, 4.69) is 24.2 Å². The highest BCUT2D eigenvalue weighted by molar-refractivity contribution is 6.38. The van der Waals surface area contributed by atoms with E-state index in [-0.39, 0.29) is 5.69 Å². The standard InChI is InChI=1S/C11H4Cl2F3N5O2.C7H8/c12-5-1-4(11(14,15)16)2-6(13)8(5)20-10(18)9(21(22)23)7(3-17)19-20;1-7-5-3-2-4-6-7/h1-2H,18H2;2-6H,1H3. The average Bonchev–Trinajstić information content (AvgIpc) is 2.98. The van der Waals surface area contributed by atoms with Crippen LogP contribution in [0.2, 0.25) is 10.0 Å². The van der Waals surface area contributed by atoms with E-state index < -0.39 is 43.9 Å². The third-order valence-corrected chi connectivity index (χ3v) is 4.26. The molecule has 12 heteroatoms. The average molecular weight is 458 g/mol. The monoisotopic (exact) mass is 457 g/mol. The van der Waals surface area contributed by atoms with Crippen molar-refractivity contribution in [2.45, 2.75) is 13.1 Å². The molecule has 0 aliphatic heterocycles. The molecule has 0 aliphatic rings. The molecular formula is C18H12Cl2F3N5O2. The first kappa shape index (κ1) is 23.0. The van der Waals surface area contributed by atoms with Crippen LogP contribution >= 0.6 is 23.2 Å². The molecular weight excluding hydrogens is 446 g/mol. The lowest BCUT2D eigenvalue weighted by Gasteiger charge is -2.12. The van der Waals surface area contributed by atoms with Crippen LogP contribution in [0.25, 0.3) is 5.69 Å². The maximum Gasteiger partial charge on any atom is 0.416 e. The highest BCUT2D eigenvalue weighted by Crippen LogP contribution is 2.39. The van der Waals surface area contributed by atoms with E-state index in [9.17, 15) is 23.3 Å². The van der Waals surface area contributed by atoms with Gasteiger partial charge in [0.1, 0.15) is 11.8 Å². The van der Waals surface area contributed by atoms with Crippen molar-refractivity contribution in [1.29, 1.82) is 5.26 Å². The van der Waals surface area contributed by atoms with Crippen molar-refractivity contribution in [2.75, 3.05) is 5.73 Å². The van der Waals surface area contributed by atoms with Crippen LogP contribution in [-0.2, 0) is 6.18 Å². The summed E-state index contributed by atoms with van der Waals surface area (Å²) < 4.78 is 38.7. The van der Waals surface area contributed by atoms with Crippen LogP contribution in [0.5, 0.6) is 0 Å². The van der Waals surface area contributed by atoms with Crippen molar-refractivity contribution in [1.82, 2.24) is 9.78 Å². The Labute approximate surface area is 178 Å². The Morgan fingerprint density at radius 1 is 1.20 bits per heavy atom. The Morgan fingerprint density at radius 3 is 2.07 bits per heavy atom. The highest BCUT2D eigenvalue weighted by Gasteiger charge is 2.34. The van der Waals surface area contributed by atoms with Crippen molar-refractivity contribution in [3.8, 4) is 11.8 Å². The van der Waals surface area contributed by atoms with Gasteiger partial charge in [-0.05, 0) is 19.1 Å². The zero-order valence-electron chi connectivity index (χ0n) is 15.1. The molecule has 156 valence electrons. The molecule has 0 aliphatic carbocycles. The maximum absolute atomic E-state index is 12.7. The molecule has 0 spiro atoms. The van der Waals surface area contributed by atoms with Gasteiger partial charge >= 0.3 is 11.9 Å². The SMILES string of the molecule is Cc1ccccc1.N#Cc1nn(-c2c(Cl)cc(C(F)(F)F)cc2Cl)c(N)c1[N+](=O)[O-]. The minimum absolute atomic E-state index is 0.302. The van der Waals surface area contributed by atoms with E-state index in [1.807, 2.05) is 18.2 Å². The fourth-order valence-corrected chi connectivity index (χ4v) is 2.96. The Kier molecular flexibility index (Phi) is 6.92. The van der Waals surface area contributed by atoms with Crippen LogP contribution in [0.1, 0.15) is 16.8 Å². The number of hydrogen-bond acceptors (Lipinski definition) is 5. The molecule has 2 aromatic carbocycles. The van der Waals surface area contributed by atoms with Gasteiger partial charge in [0.25, 0.3) is 0 Å². The zero-order chi connectivity index (χ0) is 22.6. The minimum atomic E-state index is -4.69.